The van der Waals surface area contributed by atoms with E-state index < -0.39 is 101 Å². The van der Waals surface area contributed by atoms with Crippen LogP contribution in [0, 0.1) is 34.9 Å². The number of nitrogens with zero attached hydrogens (tertiary/aromatic N) is 9. The maximum Gasteiger partial charge on any atom is 0.250 e. The summed E-state index contributed by atoms with van der Waals surface area (Å²) in [7, 11) is -10.2. The molecule has 3 aromatic carbocycles. The van der Waals surface area contributed by atoms with Crippen molar-refractivity contribution in [1.82, 2.24) is 42.3 Å². The van der Waals surface area contributed by atoms with Gasteiger partial charge >= 0.3 is 0 Å². The minimum absolute atomic E-state index is 0.00578. The number of aromatic nitrogens is 6. The zero-order valence-electron chi connectivity index (χ0n) is 44.0. The third-order valence-electron chi connectivity index (χ3n) is 15.3. The Morgan fingerprint density at radius 3 is 0.914 bits per heavy atom. The van der Waals surface area contributed by atoms with Crippen LogP contribution in [0.3, 0.4) is 0 Å². The number of hydrogen-bond donors (Lipinski definition) is 3. The van der Waals surface area contributed by atoms with Crippen molar-refractivity contribution in [2.75, 3.05) is 38.6 Å². The lowest BCUT2D eigenvalue weighted by Crippen LogP contribution is -2.47. The number of benzene rings is 3. The van der Waals surface area contributed by atoms with Crippen molar-refractivity contribution in [2.24, 2.45) is 17.2 Å². The normalized spacial score (nSPS) is 26.3. The minimum atomic E-state index is -3.40. The Morgan fingerprint density at radius 1 is 0.432 bits per heavy atom. The Kier molecular flexibility index (Phi) is 16.5. The third kappa shape index (κ3) is 12.8. The molecular formula is C51H60F6N12O9S3. The molecule has 0 bridgehead atoms. The third-order valence-corrected chi connectivity index (χ3v) is 17.9. The molecule has 30 heteroatoms. The van der Waals surface area contributed by atoms with E-state index in [1.165, 1.54) is 18.6 Å². The number of rotatable bonds is 9. The van der Waals surface area contributed by atoms with Gasteiger partial charge in [-0.25, -0.2) is 51.6 Å². The zero-order valence-corrected chi connectivity index (χ0v) is 46.5. The van der Waals surface area contributed by atoms with Gasteiger partial charge in [-0.05, 0) is 73.9 Å². The number of hydrogen-bond acceptors (Lipinski definition) is 18. The SMILES string of the molecule is CS(=O)(=O)n1cc2c(n1)CN([C@H]1CO[C@H](c3cc(F)ccc3F)[C@@H](N)C1)C2.CS(=O)(=O)n1cc2c(n1)CN([C@H]1CO[C@H](c3cc(F)ccc3F)[C@@H](N)C1)C2.CS(=O)(=O)n1cc2c(n1)CN([C@H]1CO[C@H](c3cc(F)ccc3F)[C@@H](N)C1)C2. The number of ether oxygens (including phenoxy) is 3. The Bertz CT molecular complexity index is 3240. The summed E-state index contributed by atoms with van der Waals surface area (Å²) >= 11 is 0. The number of halogens is 6. The minimum Gasteiger partial charge on any atom is -0.370 e. The van der Waals surface area contributed by atoms with Crippen molar-refractivity contribution in [3.8, 4) is 0 Å². The quantitative estimate of drug-likeness (QED) is 0.175. The lowest BCUT2D eigenvalue weighted by Gasteiger charge is -2.38. The lowest BCUT2D eigenvalue weighted by molar-refractivity contribution is -0.0533. The summed E-state index contributed by atoms with van der Waals surface area (Å²) < 4.78 is 172. The molecule has 21 nitrogen and oxygen atoms in total. The van der Waals surface area contributed by atoms with Crippen molar-refractivity contribution >= 4 is 30.1 Å². The largest absolute Gasteiger partial charge is 0.370 e. The van der Waals surface area contributed by atoms with E-state index in [2.05, 4.69) is 30.0 Å². The van der Waals surface area contributed by atoms with Gasteiger partial charge in [-0.3, -0.25) is 14.7 Å². The van der Waals surface area contributed by atoms with E-state index in [9.17, 15) is 51.6 Å². The van der Waals surface area contributed by atoms with Crippen LogP contribution in [0.4, 0.5) is 26.3 Å². The summed E-state index contributed by atoms with van der Waals surface area (Å²) in [5, 5.41) is 12.4. The van der Waals surface area contributed by atoms with Crippen molar-refractivity contribution in [2.45, 2.75) is 113 Å². The molecule has 0 saturated carbocycles. The van der Waals surface area contributed by atoms with Gasteiger partial charge in [0.15, 0.2) is 0 Å². The van der Waals surface area contributed by atoms with Crippen LogP contribution in [0.2, 0.25) is 0 Å². The van der Waals surface area contributed by atoms with E-state index in [0.29, 0.717) is 95.4 Å². The molecule has 6 aliphatic heterocycles. The maximum absolute atomic E-state index is 14.0. The highest BCUT2D eigenvalue weighted by atomic mass is 32.2. The van der Waals surface area contributed by atoms with Crippen molar-refractivity contribution in [1.29, 1.82) is 0 Å². The van der Waals surface area contributed by atoms with Crippen LogP contribution in [0.15, 0.2) is 73.2 Å². The standard InChI is InChI=1S/3C17H20F2N4O3S/c3*1-27(24,25)23-7-10-6-22(8-16(10)21-23)12-5-15(20)17(26-9-12)13-4-11(18)2-3-14(13)19/h3*2-4,7,12,15,17H,5-6,8-9,20H2,1H3/t3*12-,15+,17-/m111/s1. The molecule has 0 amide bonds. The summed E-state index contributed by atoms with van der Waals surface area (Å²) in [5.74, 6) is -3.20. The average Bonchev–Trinajstić information content (AvgIpc) is 4.43. The molecule has 438 valence electrons. The molecule has 9 atom stereocenters. The first kappa shape index (κ1) is 58.6. The fraction of sp³-hybridized carbons (Fsp3) is 0.471. The Balaban J connectivity index is 0.000000136. The molecule has 0 aliphatic carbocycles. The van der Waals surface area contributed by atoms with E-state index in [-0.39, 0.29) is 34.8 Å². The summed E-state index contributed by atoms with van der Waals surface area (Å²) in [4.78, 5) is 6.34. The summed E-state index contributed by atoms with van der Waals surface area (Å²) in [6.07, 6.45) is 7.46. The second-order valence-electron chi connectivity index (χ2n) is 21.3. The van der Waals surface area contributed by atoms with Crippen LogP contribution in [0.5, 0.6) is 0 Å². The van der Waals surface area contributed by atoms with Crippen LogP contribution >= 0.6 is 0 Å². The summed E-state index contributed by atoms with van der Waals surface area (Å²) in [5.41, 5.74) is 23.7. The van der Waals surface area contributed by atoms with Crippen LogP contribution in [0.1, 0.15) is 88.0 Å². The molecule has 3 fully saturated rings. The highest BCUT2D eigenvalue weighted by Gasteiger charge is 2.41. The summed E-state index contributed by atoms with van der Waals surface area (Å²) in [6.45, 7) is 4.10. The van der Waals surface area contributed by atoms with Crippen LogP contribution in [-0.2, 0) is 83.5 Å². The first-order valence-electron chi connectivity index (χ1n) is 25.7. The summed E-state index contributed by atoms with van der Waals surface area (Å²) in [6, 6.07) is 8.33. The van der Waals surface area contributed by atoms with E-state index in [1.807, 2.05) is 0 Å². The van der Waals surface area contributed by atoms with Crippen LogP contribution < -0.4 is 17.2 Å². The Hall–Kier alpha value is -5.64. The predicted molar refractivity (Wildman–Crippen MR) is 279 cm³/mol. The van der Waals surface area contributed by atoms with E-state index in [4.69, 9.17) is 31.4 Å². The molecule has 81 heavy (non-hydrogen) atoms. The average molecular weight is 1200 g/mol. The molecule has 6 aliphatic rings. The van der Waals surface area contributed by atoms with E-state index in [1.54, 1.807) is 0 Å². The second-order valence-corrected chi connectivity index (χ2v) is 26.9. The van der Waals surface area contributed by atoms with Gasteiger partial charge in [-0.2, -0.15) is 27.6 Å². The van der Waals surface area contributed by atoms with Gasteiger partial charge in [0.1, 0.15) is 53.2 Å². The molecule has 0 radical (unpaired) electrons. The Morgan fingerprint density at radius 2 is 0.691 bits per heavy atom. The van der Waals surface area contributed by atoms with Crippen LogP contribution in [-0.4, -0.2) is 142 Å². The molecule has 0 spiro atoms. The highest BCUT2D eigenvalue weighted by Crippen LogP contribution is 2.38. The topological polar surface area (TPSA) is 271 Å². The van der Waals surface area contributed by atoms with Gasteiger partial charge in [0.25, 0.3) is 30.1 Å². The molecule has 12 rings (SSSR count). The fourth-order valence-corrected chi connectivity index (χ4v) is 12.9. The monoisotopic (exact) mass is 1190 g/mol. The van der Waals surface area contributed by atoms with Gasteiger partial charge < -0.3 is 31.4 Å². The van der Waals surface area contributed by atoms with Gasteiger partial charge in [0.05, 0.1) is 55.7 Å². The molecular weight excluding hydrogens is 1130 g/mol. The van der Waals surface area contributed by atoms with Crippen LogP contribution in [0.25, 0.3) is 0 Å². The maximum atomic E-state index is 14.0. The van der Waals surface area contributed by atoms with Crippen molar-refractivity contribution in [3.63, 3.8) is 0 Å². The van der Waals surface area contributed by atoms with Crippen molar-refractivity contribution < 1.29 is 65.8 Å². The first-order valence-corrected chi connectivity index (χ1v) is 31.2. The molecule has 0 unspecified atom stereocenters. The van der Waals surface area contributed by atoms with E-state index >= 15 is 0 Å². The molecule has 3 saturated heterocycles. The van der Waals surface area contributed by atoms with Gasteiger partial charge in [-0.15, -0.1) is 0 Å². The van der Waals surface area contributed by atoms with E-state index in [0.717, 1.165) is 102 Å². The molecule has 9 heterocycles. The van der Waals surface area contributed by atoms with Gasteiger partial charge in [0.2, 0.25) is 0 Å². The highest BCUT2D eigenvalue weighted by molar-refractivity contribution is 7.89. The van der Waals surface area contributed by atoms with Gasteiger partial charge in [0, 0.05) is 127 Å². The lowest BCUT2D eigenvalue weighted by atomic mass is 9.93. The van der Waals surface area contributed by atoms with Crippen molar-refractivity contribution in [3.05, 3.63) is 159 Å². The van der Waals surface area contributed by atoms with Gasteiger partial charge in [-0.1, -0.05) is 0 Å². The zero-order chi connectivity index (χ0) is 58.0. The Labute approximate surface area is 463 Å². The molecule has 6 N–H and O–H groups in total. The molecule has 6 aromatic rings. The predicted octanol–water partition coefficient (Wildman–Crippen LogP) is 3.43. The second kappa shape index (κ2) is 22.8. The fourth-order valence-electron chi connectivity index (χ4n) is 11.2. The smallest absolute Gasteiger partial charge is 0.250 e. The number of fused-ring (bicyclic) bond motifs is 3. The molecule has 3 aromatic heterocycles. The number of nitrogens with two attached hydrogens (primary N) is 3. The first-order chi connectivity index (χ1) is 38.2.